The summed E-state index contributed by atoms with van der Waals surface area (Å²) < 4.78 is 47.3. The lowest BCUT2D eigenvalue weighted by Crippen LogP contribution is -2.50. The van der Waals surface area contributed by atoms with Gasteiger partial charge in [0.05, 0.1) is 5.56 Å². The first-order valence-electron chi connectivity index (χ1n) is 10.5. The quantitative estimate of drug-likeness (QED) is 0.142. The molecule has 0 fully saturated rings. The predicted molar refractivity (Wildman–Crippen MR) is 136 cm³/mol. The molecule has 0 aliphatic rings. The van der Waals surface area contributed by atoms with E-state index in [0.29, 0.717) is 11.1 Å². The molecule has 0 unspecified atom stereocenters. The van der Waals surface area contributed by atoms with Gasteiger partial charge in [0.1, 0.15) is 21.7 Å². The maximum absolute atomic E-state index is 14.0. The summed E-state index contributed by atoms with van der Waals surface area (Å²) in [6.45, 7) is 9.23. The molecule has 0 atom stereocenters. The number of hydrogen-bond donors (Lipinski definition) is 4. The van der Waals surface area contributed by atoms with Crippen molar-refractivity contribution in [3.63, 3.8) is 0 Å². The van der Waals surface area contributed by atoms with Crippen LogP contribution in [-0.4, -0.2) is 39.9 Å². The molecule has 0 aliphatic carbocycles. The fourth-order valence-corrected chi connectivity index (χ4v) is 3.31. The average Bonchev–Trinajstić information content (AvgIpc) is 2.72. The van der Waals surface area contributed by atoms with Crippen LogP contribution in [0, 0.1) is 5.41 Å². The van der Waals surface area contributed by atoms with Crippen LogP contribution in [0.2, 0.25) is 10.3 Å². The maximum atomic E-state index is 14.0. The topological polar surface area (TPSA) is 132 Å². The number of anilines is 3. The van der Waals surface area contributed by atoms with Crippen LogP contribution in [0.5, 0.6) is 0 Å². The normalized spacial score (nSPS) is 11.4. The summed E-state index contributed by atoms with van der Waals surface area (Å²) in [4.78, 5) is 33.5. The highest BCUT2D eigenvalue weighted by atomic mass is 35.5. The fraction of sp³-hybridized carbons (Fsp3) is 0.318. The van der Waals surface area contributed by atoms with E-state index in [-0.39, 0.29) is 28.4 Å². The Morgan fingerprint density at radius 1 is 1.16 bits per heavy atom. The summed E-state index contributed by atoms with van der Waals surface area (Å²) in [5.74, 6) is -1.00. The van der Waals surface area contributed by atoms with Gasteiger partial charge >= 0.3 is 18.3 Å². The predicted octanol–water partition coefficient (Wildman–Crippen LogP) is 6.27. The van der Waals surface area contributed by atoms with E-state index >= 15 is 0 Å². The first-order chi connectivity index (χ1) is 17.0. The van der Waals surface area contributed by atoms with Crippen molar-refractivity contribution in [2.24, 2.45) is 0 Å². The van der Waals surface area contributed by atoms with Gasteiger partial charge in [-0.1, -0.05) is 29.3 Å². The van der Waals surface area contributed by atoms with Crippen LogP contribution in [-0.2, 0) is 10.9 Å². The number of hydrogen-bond acceptors (Lipinski definition) is 7. The van der Waals surface area contributed by atoms with Crippen LogP contribution < -0.4 is 21.1 Å². The van der Waals surface area contributed by atoms with Crippen molar-refractivity contribution < 1.29 is 27.5 Å². The van der Waals surface area contributed by atoms with Crippen molar-refractivity contribution in [1.29, 1.82) is 5.41 Å². The molecule has 2 aromatic heterocycles. The Labute approximate surface area is 220 Å². The minimum Gasteiger partial charge on any atom is -0.442 e. The molecule has 200 valence electrons. The molecule has 10 nitrogen and oxygen atoms in total. The molecule has 0 spiro atoms. The van der Waals surface area contributed by atoms with E-state index in [4.69, 9.17) is 33.3 Å². The smallest absolute Gasteiger partial charge is 0.435 e. The van der Waals surface area contributed by atoms with E-state index in [0.717, 1.165) is 6.92 Å². The number of pyridine rings is 2. The van der Waals surface area contributed by atoms with E-state index in [1.807, 2.05) is 0 Å². The van der Waals surface area contributed by atoms with Crippen molar-refractivity contribution in [3.8, 4) is 0 Å². The van der Waals surface area contributed by atoms with Gasteiger partial charge in [0.2, 0.25) is 0 Å². The lowest BCUT2D eigenvalue weighted by molar-refractivity contribution is -0.137. The van der Waals surface area contributed by atoms with Crippen LogP contribution >= 0.6 is 23.2 Å². The van der Waals surface area contributed by atoms with Crippen LogP contribution in [0.4, 0.5) is 40.1 Å². The Hall–Kier alpha value is -3.58. The van der Waals surface area contributed by atoms with Crippen molar-refractivity contribution in [2.45, 2.75) is 39.5 Å². The number of carbonyl (C=O) groups excluding carboxylic acids is 2. The van der Waals surface area contributed by atoms with Gasteiger partial charge in [-0.3, -0.25) is 0 Å². The molecule has 2 heterocycles. The number of nitrogens with zero attached hydrogens (tertiary/aromatic N) is 3. The highest BCUT2D eigenvalue weighted by molar-refractivity contribution is 6.33. The molecule has 0 saturated carbocycles. The molecule has 0 saturated heterocycles. The average molecular weight is 562 g/mol. The highest BCUT2D eigenvalue weighted by Crippen LogP contribution is 2.37. The van der Waals surface area contributed by atoms with Gasteiger partial charge in [-0.25, -0.2) is 25.0 Å². The van der Waals surface area contributed by atoms with Gasteiger partial charge in [-0.15, -0.1) is 6.58 Å². The number of rotatable bonds is 6. The Kier molecular flexibility index (Phi) is 9.33. The molecular weight excluding hydrogens is 538 g/mol. The van der Waals surface area contributed by atoms with Crippen LogP contribution in [0.1, 0.15) is 38.8 Å². The van der Waals surface area contributed by atoms with Gasteiger partial charge in [0.15, 0.2) is 5.82 Å². The summed E-state index contributed by atoms with van der Waals surface area (Å²) in [5, 5.41) is 13.2. The fourth-order valence-electron chi connectivity index (χ4n) is 2.85. The van der Waals surface area contributed by atoms with E-state index in [9.17, 15) is 22.8 Å². The molecule has 4 N–H and O–H groups in total. The van der Waals surface area contributed by atoms with Crippen molar-refractivity contribution in [3.05, 3.63) is 52.3 Å². The van der Waals surface area contributed by atoms with E-state index in [1.54, 1.807) is 0 Å². The summed E-state index contributed by atoms with van der Waals surface area (Å²) in [7, 11) is 0. The SMILES string of the molecule is C=CCNc1nc(N(NC(=O)Nc2cc(Cl)nc(Cl)c2)C(=O)OC(C)(C)C)cc(C(F)(F)F)c1C(C)=N. The number of halogens is 5. The molecular formula is C22H24Cl2F3N7O3. The van der Waals surface area contributed by atoms with Crippen molar-refractivity contribution in [1.82, 2.24) is 15.4 Å². The van der Waals surface area contributed by atoms with Gasteiger partial charge in [0.25, 0.3) is 0 Å². The first kappa shape index (κ1) is 29.6. The van der Waals surface area contributed by atoms with Crippen LogP contribution in [0.15, 0.2) is 30.9 Å². The number of alkyl halides is 3. The third-order valence-corrected chi connectivity index (χ3v) is 4.53. The zero-order valence-electron chi connectivity index (χ0n) is 20.2. The molecule has 0 aromatic carbocycles. The minimum atomic E-state index is -4.94. The minimum absolute atomic E-state index is 0.00204. The van der Waals surface area contributed by atoms with Crippen molar-refractivity contribution in [2.75, 3.05) is 22.2 Å². The first-order valence-corrected chi connectivity index (χ1v) is 11.2. The largest absolute Gasteiger partial charge is 0.442 e. The third-order valence-electron chi connectivity index (χ3n) is 4.14. The van der Waals surface area contributed by atoms with Crippen LogP contribution in [0.3, 0.4) is 0 Å². The number of hydrazine groups is 1. The molecule has 3 amide bonds. The van der Waals surface area contributed by atoms with E-state index in [2.05, 4.69) is 32.6 Å². The Balaban J connectivity index is 2.62. The highest BCUT2D eigenvalue weighted by Gasteiger charge is 2.38. The Morgan fingerprint density at radius 2 is 1.76 bits per heavy atom. The second-order valence-corrected chi connectivity index (χ2v) is 9.20. The molecule has 0 bridgehead atoms. The summed E-state index contributed by atoms with van der Waals surface area (Å²) in [6.07, 6.45) is -4.80. The van der Waals surface area contributed by atoms with Gasteiger partial charge in [-0.2, -0.15) is 18.2 Å². The summed E-state index contributed by atoms with van der Waals surface area (Å²) in [5.41, 5.74) is -1.10. The zero-order chi connectivity index (χ0) is 28.1. The molecule has 37 heavy (non-hydrogen) atoms. The second kappa shape index (κ2) is 11.6. The van der Waals surface area contributed by atoms with Gasteiger partial charge in [-0.05, 0) is 45.9 Å². The summed E-state index contributed by atoms with van der Waals surface area (Å²) in [6, 6.07) is 1.97. The number of aromatic nitrogens is 2. The standard InChI is InChI=1S/C22H24Cl2F3N7O3/c1-6-7-29-18-17(11(2)28)13(22(25,26)27)10-16(32-18)34(20(36)37-21(3,4)5)33-19(35)30-12-8-14(23)31-15(24)9-12/h6,8-10,28H,1,7H2,2-5H3,(H,29,32)(H2,30,31,33,35). The van der Waals surface area contributed by atoms with Gasteiger partial charge < -0.3 is 20.8 Å². The monoisotopic (exact) mass is 561 g/mol. The maximum Gasteiger partial charge on any atom is 0.435 e. The number of amides is 3. The zero-order valence-corrected chi connectivity index (χ0v) is 21.7. The summed E-state index contributed by atoms with van der Waals surface area (Å²) >= 11 is 11.6. The lowest BCUT2D eigenvalue weighted by Gasteiger charge is -2.28. The number of ether oxygens (including phenoxy) is 1. The van der Waals surface area contributed by atoms with Crippen LogP contribution in [0.25, 0.3) is 0 Å². The molecule has 2 rings (SSSR count). The molecule has 2 aromatic rings. The third kappa shape index (κ3) is 8.50. The number of nitrogens with one attached hydrogen (secondary N) is 4. The molecule has 15 heteroatoms. The van der Waals surface area contributed by atoms with E-state index < -0.39 is 46.6 Å². The lowest BCUT2D eigenvalue weighted by atomic mass is 10.0. The van der Waals surface area contributed by atoms with E-state index in [1.165, 1.54) is 39.0 Å². The number of carbonyl (C=O) groups is 2. The Bertz CT molecular complexity index is 1200. The van der Waals surface area contributed by atoms with Gasteiger partial charge in [0, 0.05) is 23.5 Å². The number of urea groups is 1. The second-order valence-electron chi connectivity index (χ2n) is 8.43. The molecule has 0 aliphatic heterocycles. The van der Waals surface area contributed by atoms with Crippen molar-refractivity contribution >= 4 is 58.4 Å². The molecule has 0 radical (unpaired) electrons. The Morgan fingerprint density at radius 3 is 2.24 bits per heavy atom.